The Kier molecular flexibility index (Phi) is 20.3. The predicted molar refractivity (Wildman–Crippen MR) is 356 cm³/mol. The van der Waals surface area contributed by atoms with Crippen LogP contribution in [0, 0.1) is 92.7 Å². The van der Waals surface area contributed by atoms with E-state index in [1.54, 1.807) is 35.7 Å². The number of aliphatic imine (C=N–C) groups is 1. The van der Waals surface area contributed by atoms with E-state index < -0.39 is 0 Å². The van der Waals surface area contributed by atoms with E-state index in [-0.39, 0.29) is 25.0 Å². The molecule has 0 bridgehead atoms. The van der Waals surface area contributed by atoms with Gasteiger partial charge in [-0.1, -0.05) is 151 Å². The van der Waals surface area contributed by atoms with Crippen molar-refractivity contribution in [1.29, 1.82) is 0 Å². The average Bonchev–Trinajstić information content (AvgIpc) is 1.77. The number of rotatable bonds is 19. The summed E-state index contributed by atoms with van der Waals surface area (Å²) in [5.74, 6) is 11.1. The molecule has 7 heteroatoms. The molecular formula is C78H115N3O4. The summed E-state index contributed by atoms with van der Waals surface area (Å²) in [7, 11) is 0. The molecule has 0 radical (unpaired) electrons. The van der Waals surface area contributed by atoms with Crippen LogP contribution in [0.4, 0.5) is 5.69 Å². The van der Waals surface area contributed by atoms with Gasteiger partial charge in [-0.3, -0.25) is 15.0 Å². The molecule has 12 rings (SSSR count). The Morgan fingerprint density at radius 3 is 1.61 bits per heavy atom. The number of hydrogen-bond acceptors (Lipinski definition) is 7. The molecule has 0 saturated heterocycles. The van der Waals surface area contributed by atoms with Crippen molar-refractivity contribution >= 4 is 33.7 Å². The highest BCUT2D eigenvalue weighted by molar-refractivity contribution is 5.94. The summed E-state index contributed by atoms with van der Waals surface area (Å²) in [4.78, 5) is 13.4. The number of phenolic OH excluding ortho intramolecular Hbond substituents is 2. The smallest absolute Gasteiger partial charge is 0.141 e. The predicted octanol–water partition coefficient (Wildman–Crippen LogP) is 21.0. The number of pyridine rings is 2. The molecule has 0 aliphatic heterocycles. The van der Waals surface area contributed by atoms with E-state index in [2.05, 4.69) is 102 Å². The van der Waals surface area contributed by atoms with E-state index in [0.717, 1.165) is 126 Å². The van der Waals surface area contributed by atoms with Crippen LogP contribution in [0.5, 0.6) is 11.5 Å². The third kappa shape index (κ3) is 12.9. The van der Waals surface area contributed by atoms with Crippen molar-refractivity contribution < 1.29 is 19.7 Å². The second-order valence-corrected chi connectivity index (χ2v) is 31.1. The zero-order valence-corrected chi connectivity index (χ0v) is 54.0. The lowest BCUT2D eigenvalue weighted by Gasteiger charge is -2.58. The highest BCUT2D eigenvalue weighted by atomic mass is 16.5. The van der Waals surface area contributed by atoms with Gasteiger partial charge < -0.3 is 19.7 Å². The molecule has 85 heavy (non-hydrogen) atoms. The van der Waals surface area contributed by atoms with Crippen molar-refractivity contribution in [3.63, 3.8) is 0 Å². The molecule has 8 aliphatic carbocycles. The molecule has 4 aromatic rings. The molecule has 466 valence electrons. The van der Waals surface area contributed by atoms with Crippen molar-refractivity contribution in [3.05, 3.63) is 89.8 Å². The summed E-state index contributed by atoms with van der Waals surface area (Å²) in [6.45, 7) is 26.7. The molecular weight excluding hydrogens is 1040 g/mol. The minimum absolute atomic E-state index is 0. The maximum atomic E-state index is 10.2. The van der Waals surface area contributed by atoms with Crippen molar-refractivity contribution in [3.8, 4) is 11.5 Å². The second kappa shape index (κ2) is 27.0. The lowest BCUT2D eigenvalue weighted by molar-refractivity contribution is -0.0640. The molecule has 2 N–H and O–H groups in total. The summed E-state index contributed by atoms with van der Waals surface area (Å²) in [6, 6.07) is 15.2. The summed E-state index contributed by atoms with van der Waals surface area (Å²) in [5.41, 5.74) is 8.66. The minimum atomic E-state index is 0. The maximum Gasteiger partial charge on any atom is 0.141 e. The number of fused-ring (bicyclic) bond motifs is 12. The Bertz CT molecular complexity index is 2980. The molecule has 2 aromatic heterocycles. The maximum absolute atomic E-state index is 10.2. The van der Waals surface area contributed by atoms with Crippen LogP contribution in [0.1, 0.15) is 230 Å². The Morgan fingerprint density at radius 2 is 1.07 bits per heavy atom. The molecule has 0 spiro atoms. The molecule has 16 atom stereocenters. The van der Waals surface area contributed by atoms with Crippen molar-refractivity contribution in [2.75, 3.05) is 13.2 Å². The molecule has 2 heterocycles. The molecule has 8 aliphatic rings. The van der Waals surface area contributed by atoms with Crippen LogP contribution < -0.4 is 0 Å². The van der Waals surface area contributed by atoms with Crippen molar-refractivity contribution in [2.45, 2.75) is 243 Å². The van der Waals surface area contributed by atoms with Crippen LogP contribution in [-0.4, -0.2) is 51.8 Å². The number of hydrogen-bond donors (Lipinski definition) is 2. The van der Waals surface area contributed by atoms with Crippen molar-refractivity contribution in [2.24, 2.45) is 97.7 Å². The third-order valence-electron chi connectivity index (χ3n) is 25.7. The molecule has 0 amide bonds. The topological polar surface area (TPSA) is 97.1 Å². The molecule has 6 unspecified atom stereocenters. The second-order valence-electron chi connectivity index (χ2n) is 31.1. The number of allylic oxidation sites excluding steroid dienone is 2. The lowest BCUT2D eigenvalue weighted by Crippen LogP contribution is -2.51. The highest BCUT2D eigenvalue weighted by Crippen LogP contribution is 2.69. The monoisotopic (exact) mass is 1160 g/mol. The number of aryl methyl sites for hydroxylation is 1. The zero-order valence-electron chi connectivity index (χ0n) is 54.0. The van der Waals surface area contributed by atoms with E-state index in [1.807, 2.05) is 36.5 Å². The van der Waals surface area contributed by atoms with E-state index in [1.165, 1.54) is 128 Å². The van der Waals surface area contributed by atoms with Crippen LogP contribution in [0.3, 0.4) is 0 Å². The van der Waals surface area contributed by atoms with E-state index in [9.17, 15) is 10.2 Å². The van der Waals surface area contributed by atoms with Gasteiger partial charge in [-0.25, -0.2) is 0 Å². The SMILES string of the molecule is C.CC(C)CCC[C@@H](C)[C@H]1CCC2C3CC=C4C[C@@H](OCC=Nc5ccc(O)c6ncccc56)CC[C@]4(C)C3CC[C@@]21C.CC(C)CCC[C@@H](C)[C@H]1CCC2C3CC=C4C[C@@H](OCCCc5ccc(O)c6ncccc56)CC[C@]4(C)C3CC[C@@]21C. The van der Waals surface area contributed by atoms with Gasteiger partial charge >= 0.3 is 0 Å². The van der Waals surface area contributed by atoms with Gasteiger partial charge in [-0.15, -0.1) is 0 Å². The first kappa shape index (κ1) is 63.9. The van der Waals surface area contributed by atoms with Crippen LogP contribution in [0.15, 0.2) is 89.2 Å². The molecule has 7 nitrogen and oxygen atoms in total. The molecule has 6 saturated carbocycles. The Morgan fingerprint density at radius 1 is 0.565 bits per heavy atom. The van der Waals surface area contributed by atoms with Crippen LogP contribution in [-0.2, 0) is 15.9 Å². The summed E-state index contributed by atoms with van der Waals surface area (Å²) in [6.07, 6.45) is 43.2. The summed E-state index contributed by atoms with van der Waals surface area (Å²) < 4.78 is 12.9. The van der Waals surface area contributed by atoms with Gasteiger partial charge in [0.2, 0.25) is 0 Å². The fourth-order valence-electron chi connectivity index (χ4n) is 21.1. The van der Waals surface area contributed by atoms with Gasteiger partial charge in [-0.2, -0.15) is 0 Å². The summed E-state index contributed by atoms with van der Waals surface area (Å²) in [5, 5.41) is 22.2. The van der Waals surface area contributed by atoms with Crippen LogP contribution >= 0.6 is 0 Å². The average molecular weight is 1160 g/mol. The Balaban J connectivity index is 0.000000187. The number of aromatic hydroxyl groups is 2. The Labute approximate surface area is 515 Å². The van der Waals surface area contributed by atoms with Gasteiger partial charge in [0.15, 0.2) is 0 Å². The van der Waals surface area contributed by atoms with Gasteiger partial charge in [-0.05, 0) is 250 Å². The number of aromatic nitrogens is 2. The quantitative estimate of drug-likeness (QED) is 0.0552. The Hall–Kier alpha value is -4.07. The van der Waals surface area contributed by atoms with Crippen LogP contribution in [0.2, 0.25) is 0 Å². The third-order valence-corrected chi connectivity index (χ3v) is 25.7. The van der Waals surface area contributed by atoms with Gasteiger partial charge in [0.25, 0.3) is 0 Å². The largest absolute Gasteiger partial charge is 0.506 e. The van der Waals surface area contributed by atoms with Gasteiger partial charge in [0.1, 0.15) is 22.5 Å². The number of benzene rings is 2. The zero-order chi connectivity index (χ0) is 59.0. The van der Waals surface area contributed by atoms with E-state index in [0.29, 0.717) is 45.4 Å². The highest BCUT2D eigenvalue weighted by Gasteiger charge is 2.61. The fourth-order valence-corrected chi connectivity index (χ4v) is 21.1. The number of nitrogens with zero attached hydrogens (tertiary/aromatic N) is 3. The van der Waals surface area contributed by atoms with Gasteiger partial charge in [0, 0.05) is 36.0 Å². The summed E-state index contributed by atoms with van der Waals surface area (Å²) >= 11 is 0. The first-order valence-electron chi connectivity index (χ1n) is 34.7. The van der Waals surface area contributed by atoms with E-state index in [4.69, 9.17) is 9.47 Å². The minimum Gasteiger partial charge on any atom is -0.506 e. The molecule has 6 fully saturated rings. The first-order chi connectivity index (χ1) is 40.4. The number of ether oxygens (including phenoxy) is 2. The lowest BCUT2D eigenvalue weighted by atomic mass is 9.47. The number of phenols is 2. The fraction of sp³-hybridized carbons (Fsp3) is 0.705. The van der Waals surface area contributed by atoms with Crippen molar-refractivity contribution in [1.82, 2.24) is 9.97 Å². The molecule has 2 aromatic carbocycles. The first-order valence-corrected chi connectivity index (χ1v) is 34.7. The van der Waals surface area contributed by atoms with E-state index >= 15 is 0 Å². The van der Waals surface area contributed by atoms with Crippen LogP contribution in [0.25, 0.3) is 21.8 Å². The normalized spacial score (nSPS) is 34.7. The standard InChI is InChI=1S/C39H57NO2.C38H54N2O2.CH4/c1-26(2)9-6-10-27(3)33-16-17-34-32-15-14-29-25-30(19-21-38(29,4)35(32)20-22-39(33,34)5)42-24-8-11-28-13-18-36(41)37-31(28)12-7-23-40-37;1-25(2)8-6-9-26(3)31-13-14-32-29-12-11-27-24-28(17-19-37(27,4)33(29)18-20-38(31,32)5)42-23-22-39-34-15-16-35(41)36-30(34)10-7-21-40-36;/h7,12-14,18,23,26-27,30,32-35,41H,6,8-11,15-17,19-22,24-25H2,1-5H3;7,10-11,15-16,21-22,25-26,28-29,31-33,41H,6,8-9,12-14,17-20,23-24H2,1-5H3;1H4/t27-,30+,32?,33-,34?,35?,38+,39-;26-,28+,29?,31-,32?,33?,37+,38-;/m11./s1. The van der Waals surface area contributed by atoms with Gasteiger partial charge in [0.05, 0.1) is 24.5 Å².